The summed E-state index contributed by atoms with van der Waals surface area (Å²) in [6, 6.07) is 14.6. The molecule has 1 fully saturated rings. The molecule has 0 N–H and O–H groups in total. The molecule has 7 nitrogen and oxygen atoms in total. The van der Waals surface area contributed by atoms with Crippen LogP contribution in [0.25, 0.3) is 26.1 Å². The van der Waals surface area contributed by atoms with E-state index in [9.17, 15) is 18.4 Å². The average Bonchev–Trinajstić information content (AvgIpc) is 3.42. The van der Waals surface area contributed by atoms with Crippen molar-refractivity contribution in [3.63, 3.8) is 0 Å². The number of benzene rings is 3. The molecule has 1 saturated carbocycles. The first-order valence-electron chi connectivity index (χ1n) is 15.3. The highest BCUT2D eigenvalue weighted by molar-refractivity contribution is 7.21. The maximum absolute atomic E-state index is 14.8. The minimum atomic E-state index is -0.697. The quantitative estimate of drug-likeness (QED) is 0.183. The van der Waals surface area contributed by atoms with Crippen molar-refractivity contribution in [2.75, 3.05) is 14.2 Å². The van der Waals surface area contributed by atoms with Gasteiger partial charge < -0.3 is 19.3 Å². The Morgan fingerprint density at radius 1 is 0.979 bits per heavy atom. The number of nitrogens with zero attached hydrogens (tertiary/aromatic N) is 3. The normalized spacial score (nSPS) is 16.4. The Bertz CT molecular complexity index is 1840. The Morgan fingerprint density at radius 3 is 2.19 bits per heavy atom. The first-order chi connectivity index (χ1) is 22.3. The zero-order chi connectivity index (χ0) is 34.0. The number of carbonyl (C=O) groups excluding carboxylic acids is 2. The van der Waals surface area contributed by atoms with E-state index >= 15 is 0 Å². The molecule has 0 spiro atoms. The van der Waals surface area contributed by atoms with Crippen molar-refractivity contribution in [2.45, 2.75) is 70.7 Å². The highest BCUT2D eigenvalue weighted by Crippen LogP contribution is 2.41. The SMILES string of the molecule is [C-]#[N+]c1ccc(-c2ccc(OC)c(CN(C(=O)c3sc4c(F)ccc(F)c4c3Cl)[C@H]3CC[C@H](N(C)C(=O)OC(C)(C)C)CC3)c2)cc1. The Labute approximate surface area is 282 Å². The largest absolute Gasteiger partial charge is 0.496 e. The van der Waals surface area contributed by atoms with Crippen LogP contribution in [0.15, 0.2) is 54.6 Å². The number of ether oxygens (including phenoxy) is 2. The van der Waals surface area contributed by atoms with Crippen molar-refractivity contribution >= 4 is 50.7 Å². The molecule has 246 valence electrons. The molecule has 4 aromatic rings. The number of hydrogen-bond acceptors (Lipinski definition) is 5. The van der Waals surface area contributed by atoms with Crippen molar-refractivity contribution in [1.29, 1.82) is 0 Å². The van der Waals surface area contributed by atoms with Crippen molar-refractivity contribution < 1.29 is 27.8 Å². The van der Waals surface area contributed by atoms with Crippen LogP contribution >= 0.6 is 22.9 Å². The molecular weight excluding hydrogens is 644 g/mol. The van der Waals surface area contributed by atoms with E-state index in [0.717, 1.165) is 40.2 Å². The molecule has 0 bridgehead atoms. The van der Waals surface area contributed by atoms with E-state index in [0.29, 0.717) is 37.1 Å². The summed E-state index contributed by atoms with van der Waals surface area (Å²) in [6.07, 6.45) is 2.00. The number of fused-ring (bicyclic) bond motifs is 1. The van der Waals surface area contributed by atoms with E-state index in [1.165, 1.54) is 0 Å². The van der Waals surface area contributed by atoms with Gasteiger partial charge in [-0.2, -0.15) is 0 Å². The fraction of sp³-hybridized carbons (Fsp3) is 0.361. The van der Waals surface area contributed by atoms with Crippen molar-refractivity contribution in [2.24, 2.45) is 0 Å². The lowest BCUT2D eigenvalue weighted by Crippen LogP contribution is -2.47. The van der Waals surface area contributed by atoms with Crippen LogP contribution in [-0.4, -0.2) is 53.6 Å². The van der Waals surface area contributed by atoms with Gasteiger partial charge in [-0.25, -0.2) is 18.4 Å². The summed E-state index contributed by atoms with van der Waals surface area (Å²) in [5, 5.41) is -0.221. The average molecular weight is 680 g/mol. The molecule has 1 heterocycles. The fourth-order valence-electron chi connectivity index (χ4n) is 5.97. The lowest BCUT2D eigenvalue weighted by atomic mass is 9.89. The summed E-state index contributed by atoms with van der Waals surface area (Å²) in [7, 11) is 3.28. The predicted octanol–water partition coefficient (Wildman–Crippen LogP) is 9.88. The third-order valence-electron chi connectivity index (χ3n) is 8.42. The molecule has 2 amide bonds. The minimum absolute atomic E-state index is 0.0107. The number of halogens is 3. The van der Waals surface area contributed by atoms with E-state index in [4.69, 9.17) is 27.6 Å². The van der Waals surface area contributed by atoms with Gasteiger partial charge in [0.1, 0.15) is 27.9 Å². The van der Waals surface area contributed by atoms with Gasteiger partial charge >= 0.3 is 6.09 Å². The molecular formula is C36H36ClF2N3O4S. The lowest BCUT2D eigenvalue weighted by molar-refractivity contribution is 0.0144. The number of thiophene rings is 1. The highest BCUT2D eigenvalue weighted by Gasteiger charge is 2.35. The molecule has 1 aliphatic rings. The van der Waals surface area contributed by atoms with Crippen molar-refractivity contribution in [3.8, 4) is 16.9 Å². The zero-order valence-corrected chi connectivity index (χ0v) is 28.5. The number of rotatable bonds is 7. The van der Waals surface area contributed by atoms with Gasteiger partial charge in [-0.1, -0.05) is 41.9 Å². The third kappa shape index (κ3) is 7.37. The van der Waals surface area contributed by atoms with E-state index < -0.39 is 29.2 Å². The zero-order valence-electron chi connectivity index (χ0n) is 26.9. The first-order valence-corrected chi connectivity index (χ1v) is 16.5. The maximum atomic E-state index is 14.8. The van der Waals surface area contributed by atoms with Gasteiger partial charge in [0.2, 0.25) is 0 Å². The van der Waals surface area contributed by atoms with Gasteiger partial charge in [-0.15, -0.1) is 11.3 Å². The molecule has 47 heavy (non-hydrogen) atoms. The molecule has 5 rings (SSSR count). The second kappa shape index (κ2) is 13.9. The lowest BCUT2D eigenvalue weighted by Gasteiger charge is -2.40. The number of hydrogen-bond donors (Lipinski definition) is 0. The van der Waals surface area contributed by atoms with Crippen LogP contribution in [0.4, 0.5) is 19.3 Å². The van der Waals surface area contributed by atoms with Gasteiger partial charge in [0.25, 0.3) is 5.91 Å². The molecule has 1 aliphatic carbocycles. The second-order valence-corrected chi connectivity index (χ2v) is 14.0. The standard InChI is InChI=1S/C36H36ClF2N3O4S/c1-36(2,3)46-35(44)41(5)25-12-14-26(15-13-25)42(34(43)33-31(37)30-27(38)16-17-28(39)32(30)47-33)20-23-19-22(9-18-29(23)45-6)21-7-10-24(40-4)11-8-21/h7-11,16-19,25-26H,12-15,20H2,1-3,5-6H3/t25-,26-. The van der Waals surface area contributed by atoms with Crippen LogP contribution in [0.3, 0.4) is 0 Å². The first kappa shape index (κ1) is 34.1. The van der Waals surface area contributed by atoms with Gasteiger partial charge in [-0.3, -0.25) is 4.79 Å². The van der Waals surface area contributed by atoms with E-state index in [1.54, 1.807) is 36.1 Å². The molecule has 11 heteroatoms. The maximum Gasteiger partial charge on any atom is 0.410 e. The van der Waals surface area contributed by atoms with E-state index in [1.807, 2.05) is 51.1 Å². The Balaban J connectivity index is 1.49. The summed E-state index contributed by atoms with van der Waals surface area (Å²) in [4.78, 5) is 34.0. The van der Waals surface area contributed by atoms with Crippen LogP contribution in [0.1, 0.15) is 61.7 Å². The van der Waals surface area contributed by atoms with Gasteiger partial charge in [0.05, 0.1) is 28.8 Å². The Morgan fingerprint density at radius 2 is 1.60 bits per heavy atom. The van der Waals surface area contributed by atoms with E-state index in [2.05, 4.69) is 4.85 Å². The number of methoxy groups -OCH3 is 1. The van der Waals surface area contributed by atoms with Crippen molar-refractivity contribution in [1.82, 2.24) is 9.80 Å². The van der Waals surface area contributed by atoms with Gasteiger partial charge in [0.15, 0.2) is 5.69 Å². The van der Waals surface area contributed by atoms with Gasteiger partial charge in [0, 0.05) is 31.2 Å². The summed E-state index contributed by atoms with van der Waals surface area (Å²) in [5.74, 6) is -1.21. The van der Waals surface area contributed by atoms with Crippen molar-refractivity contribution in [3.05, 3.63) is 93.1 Å². The summed E-state index contributed by atoms with van der Waals surface area (Å²) in [6.45, 7) is 12.9. The minimum Gasteiger partial charge on any atom is -0.496 e. The molecule has 0 radical (unpaired) electrons. The van der Waals surface area contributed by atoms with E-state index in [-0.39, 0.29) is 38.6 Å². The number of amides is 2. The van der Waals surface area contributed by atoms with Crippen LogP contribution in [0.5, 0.6) is 5.75 Å². The molecule has 0 aliphatic heterocycles. The van der Waals surface area contributed by atoms with Gasteiger partial charge in [-0.05, 0) is 81.8 Å². The summed E-state index contributed by atoms with van der Waals surface area (Å²) in [5.41, 5.74) is 2.40. The fourth-order valence-corrected chi connectivity index (χ4v) is 7.47. The molecule has 3 aromatic carbocycles. The molecule has 0 saturated heterocycles. The monoisotopic (exact) mass is 679 g/mol. The van der Waals surface area contributed by atoms with Crippen LogP contribution in [0, 0.1) is 18.2 Å². The van der Waals surface area contributed by atoms with Crippen LogP contribution < -0.4 is 4.74 Å². The topological polar surface area (TPSA) is 63.4 Å². The Kier molecular flexibility index (Phi) is 10.1. The molecule has 0 atom stereocenters. The van der Waals surface area contributed by atoms with Crippen LogP contribution in [0.2, 0.25) is 5.02 Å². The predicted molar refractivity (Wildman–Crippen MR) is 181 cm³/mol. The summed E-state index contributed by atoms with van der Waals surface area (Å²) >= 11 is 7.45. The van der Waals surface area contributed by atoms with Crippen LogP contribution in [-0.2, 0) is 11.3 Å². The number of carbonyl (C=O) groups is 2. The Hall–Kier alpha value is -4.20. The molecule has 1 aromatic heterocycles. The summed E-state index contributed by atoms with van der Waals surface area (Å²) < 4.78 is 40.8. The third-order valence-corrected chi connectivity index (χ3v) is 10.1. The highest BCUT2D eigenvalue weighted by atomic mass is 35.5. The molecule has 0 unspecified atom stereocenters. The smallest absolute Gasteiger partial charge is 0.410 e. The second-order valence-electron chi connectivity index (χ2n) is 12.7.